The van der Waals surface area contributed by atoms with E-state index in [1.54, 1.807) is 6.08 Å². The van der Waals surface area contributed by atoms with Crippen molar-refractivity contribution in [2.45, 2.75) is 18.1 Å². The number of hydrogen-bond donors (Lipinski definition) is 0. The molecule has 0 saturated carbocycles. The Bertz CT molecular complexity index is 802. The molecule has 0 spiro atoms. The van der Waals surface area contributed by atoms with Gasteiger partial charge in [0.15, 0.2) is 5.78 Å². The van der Waals surface area contributed by atoms with Crippen molar-refractivity contribution in [3.05, 3.63) is 120 Å². The van der Waals surface area contributed by atoms with E-state index in [0.29, 0.717) is 6.42 Å². The summed E-state index contributed by atoms with van der Waals surface area (Å²) in [6, 6.07) is 30.6. The lowest BCUT2D eigenvalue weighted by atomic mass is 9.80. The lowest BCUT2D eigenvalue weighted by Crippen LogP contribution is -2.36. The van der Waals surface area contributed by atoms with Crippen LogP contribution < -0.4 is 0 Å². The molecule has 128 valence electrons. The monoisotopic (exact) mass is 340 g/mol. The molecule has 3 aromatic rings. The van der Waals surface area contributed by atoms with Crippen LogP contribution in [0.15, 0.2) is 103 Å². The van der Waals surface area contributed by atoms with Gasteiger partial charge in [-0.25, -0.2) is 0 Å². The van der Waals surface area contributed by atoms with E-state index in [-0.39, 0.29) is 11.9 Å². The van der Waals surface area contributed by atoms with Crippen LogP contribution in [0.25, 0.3) is 0 Å². The van der Waals surface area contributed by atoms with E-state index < -0.39 is 5.60 Å². The molecule has 0 saturated heterocycles. The van der Waals surface area contributed by atoms with Gasteiger partial charge in [0.1, 0.15) is 5.60 Å². The summed E-state index contributed by atoms with van der Waals surface area (Å²) in [5.74, 6) is 0.109. The van der Waals surface area contributed by atoms with Crippen LogP contribution >= 0.6 is 0 Å². The quantitative estimate of drug-likeness (QED) is 0.618. The summed E-state index contributed by atoms with van der Waals surface area (Å²) in [5, 5.41) is 0. The van der Waals surface area contributed by atoms with Crippen molar-refractivity contribution in [3.8, 4) is 0 Å². The van der Waals surface area contributed by atoms with Crippen molar-refractivity contribution < 1.29 is 9.53 Å². The van der Waals surface area contributed by atoms with E-state index in [1.807, 2.05) is 60.7 Å². The molecule has 0 bridgehead atoms. The molecule has 26 heavy (non-hydrogen) atoms. The molecule has 0 heterocycles. The second-order valence-corrected chi connectivity index (χ2v) is 6.47. The fraction of sp³-hybridized carbons (Fsp3) is 0.125. The van der Waals surface area contributed by atoms with E-state index in [1.165, 1.54) is 0 Å². The van der Waals surface area contributed by atoms with Gasteiger partial charge in [0.05, 0.1) is 6.10 Å². The summed E-state index contributed by atoms with van der Waals surface area (Å²) >= 11 is 0. The summed E-state index contributed by atoms with van der Waals surface area (Å²) in [4.78, 5) is 11.8. The Kier molecular flexibility index (Phi) is 4.51. The molecule has 2 heteroatoms. The first kappa shape index (κ1) is 16.5. The van der Waals surface area contributed by atoms with Crippen LogP contribution in [0.5, 0.6) is 0 Å². The van der Waals surface area contributed by atoms with Gasteiger partial charge in [0, 0.05) is 6.42 Å². The van der Waals surface area contributed by atoms with Gasteiger partial charge in [-0.3, -0.25) is 4.79 Å². The summed E-state index contributed by atoms with van der Waals surface area (Å²) in [6.45, 7) is 0. The van der Waals surface area contributed by atoms with E-state index in [2.05, 4.69) is 36.4 Å². The molecule has 0 radical (unpaired) electrons. The van der Waals surface area contributed by atoms with Crippen molar-refractivity contribution in [2.75, 3.05) is 0 Å². The lowest BCUT2D eigenvalue weighted by molar-refractivity contribution is -0.116. The molecular formula is C24H20O2. The Hall–Kier alpha value is -2.97. The highest BCUT2D eigenvalue weighted by atomic mass is 16.5. The molecule has 0 N–H and O–H groups in total. The van der Waals surface area contributed by atoms with Gasteiger partial charge in [0.2, 0.25) is 0 Å². The Balaban J connectivity index is 1.94. The predicted octanol–water partition coefficient (Wildman–Crippen LogP) is 4.89. The number of benzene rings is 3. The maximum Gasteiger partial charge on any atom is 0.158 e. The zero-order valence-electron chi connectivity index (χ0n) is 14.4. The maximum atomic E-state index is 11.8. The minimum absolute atomic E-state index is 0.109. The van der Waals surface area contributed by atoms with E-state index >= 15 is 0 Å². The third kappa shape index (κ3) is 3.00. The molecular weight excluding hydrogens is 320 g/mol. The number of hydrogen-bond acceptors (Lipinski definition) is 2. The van der Waals surface area contributed by atoms with E-state index in [4.69, 9.17) is 4.74 Å². The van der Waals surface area contributed by atoms with Crippen LogP contribution in [-0.4, -0.2) is 11.9 Å². The average molecular weight is 340 g/mol. The van der Waals surface area contributed by atoms with Crippen LogP contribution in [0.2, 0.25) is 0 Å². The van der Waals surface area contributed by atoms with Gasteiger partial charge in [0.25, 0.3) is 0 Å². The van der Waals surface area contributed by atoms with Crippen LogP contribution in [0.3, 0.4) is 0 Å². The molecule has 4 rings (SSSR count). The van der Waals surface area contributed by atoms with Crippen molar-refractivity contribution >= 4 is 5.78 Å². The molecule has 3 aromatic carbocycles. The molecule has 0 amide bonds. The van der Waals surface area contributed by atoms with Gasteiger partial charge >= 0.3 is 0 Å². The highest BCUT2D eigenvalue weighted by Gasteiger charge is 2.40. The Labute approximate surface area is 153 Å². The lowest BCUT2D eigenvalue weighted by Gasteiger charge is -2.37. The Morgan fingerprint density at radius 1 is 0.692 bits per heavy atom. The molecule has 0 aliphatic heterocycles. The SMILES string of the molecule is O=C1C=CC(OC(c2ccccc2)(c2ccccc2)c2ccccc2)C1. The summed E-state index contributed by atoms with van der Waals surface area (Å²) < 4.78 is 6.72. The maximum absolute atomic E-state index is 11.8. The number of carbonyl (C=O) groups excluding carboxylic acids is 1. The molecule has 2 nitrogen and oxygen atoms in total. The predicted molar refractivity (Wildman–Crippen MR) is 103 cm³/mol. The van der Waals surface area contributed by atoms with Crippen molar-refractivity contribution in [3.63, 3.8) is 0 Å². The number of rotatable bonds is 5. The summed E-state index contributed by atoms with van der Waals surface area (Å²) in [6.07, 6.45) is 3.62. The molecule has 1 aliphatic carbocycles. The molecule has 0 fully saturated rings. The largest absolute Gasteiger partial charge is 0.353 e. The van der Waals surface area contributed by atoms with Gasteiger partial charge in [-0.1, -0.05) is 97.1 Å². The van der Waals surface area contributed by atoms with Crippen LogP contribution in [0, 0.1) is 0 Å². The Morgan fingerprint density at radius 3 is 1.46 bits per heavy atom. The zero-order valence-corrected chi connectivity index (χ0v) is 14.4. The van der Waals surface area contributed by atoms with Gasteiger partial charge in [-0.05, 0) is 22.8 Å². The zero-order chi connectivity index (χ0) is 17.8. The van der Waals surface area contributed by atoms with Crippen LogP contribution in [0.4, 0.5) is 0 Å². The van der Waals surface area contributed by atoms with Crippen molar-refractivity contribution in [1.29, 1.82) is 0 Å². The van der Waals surface area contributed by atoms with Gasteiger partial charge < -0.3 is 4.74 Å². The first-order chi connectivity index (χ1) is 12.8. The highest BCUT2D eigenvalue weighted by Crippen LogP contribution is 2.42. The first-order valence-electron chi connectivity index (χ1n) is 8.84. The van der Waals surface area contributed by atoms with Crippen molar-refractivity contribution in [2.24, 2.45) is 0 Å². The molecule has 1 atom stereocenters. The minimum atomic E-state index is -0.774. The second kappa shape index (κ2) is 7.11. The number of ether oxygens (including phenoxy) is 1. The van der Waals surface area contributed by atoms with Crippen LogP contribution in [-0.2, 0) is 15.1 Å². The summed E-state index contributed by atoms with van der Waals surface area (Å²) in [7, 11) is 0. The summed E-state index contributed by atoms with van der Waals surface area (Å²) in [5.41, 5.74) is 2.36. The van der Waals surface area contributed by atoms with Gasteiger partial charge in [-0.15, -0.1) is 0 Å². The topological polar surface area (TPSA) is 26.3 Å². The smallest absolute Gasteiger partial charge is 0.158 e. The van der Waals surface area contributed by atoms with Crippen molar-refractivity contribution in [1.82, 2.24) is 0 Å². The van der Waals surface area contributed by atoms with Gasteiger partial charge in [-0.2, -0.15) is 0 Å². The number of ketones is 1. The number of carbonyl (C=O) groups is 1. The van der Waals surface area contributed by atoms with E-state index in [9.17, 15) is 4.79 Å². The number of allylic oxidation sites excluding steroid dienone is 1. The molecule has 0 aromatic heterocycles. The third-order valence-electron chi connectivity index (χ3n) is 4.77. The molecule has 1 unspecified atom stereocenters. The Morgan fingerprint density at radius 2 is 1.12 bits per heavy atom. The fourth-order valence-corrected chi connectivity index (χ4v) is 3.58. The standard InChI is InChI=1S/C24H20O2/c25-22-16-17-23(18-22)26-24(19-10-4-1-5-11-19,20-12-6-2-7-13-20)21-14-8-3-9-15-21/h1-17,23H,18H2. The van der Waals surface area contributed by atoms with E-state index in [0.717, 1.165) is 16.7 Å². The first-order valence-corrected chi connectivity index (χ1v) is 8.84. The average Bonchev–Trinajstić information content (AvgIpc) is 3.13. The molecule has 1 aliphatic rings. The third-order valence-corrected chi connectivity index (χ3v) is 4.77. The second-order valence-electron chi connectivity index (χ2n) is 6.47. The normalized spacial score (nSPS) is 16.8. The fourth-order valence-electron chi connectivity index (χ4n) is 3.58. The minimum Gasteiger partial charge on any atom is -0.353 e. The van der Waals surface area contributed by atoms with Crippen LogP contribution in [0.1, 0.15) is 23.1 Å². The highest BCUT2D eigenvalue weighted by molar-refractivity contribution is 5.92.